The van der Waals surface area contributed by atoms with E-state index in [1.807, 2.05) is 0 Å². The lowest BCUT2D eigenvalue weighted by Gasteiger charge is -2.31. The van der Waals surface area contributed by atoms with Crippen molar-refractivity contribution in [2.75, 3.05) is 0 Å². The first-order chi connectivity index (χ1) is 7.63. The van der Waals surface area contributed by atoms with Gasteiger partial charge in [-0.15, -0.1) is 0 Å². The maximum absolute atomic E-state index is 5.73. The molecule has 0 N–H and O–H groups in total. The van der Waals surface area contributed by atoms with Crippen molar-refractivity contribution < 1.29 is 9.47 Å². The summed E-state index contributed by atoms with van der Waals surface area (Å²) in [4.78, 5) is 8.20. The number of aromatic nitrogens is 2. The van der Waals surface area contributed by atoms with Gasteiger partial charge in [0.15, 0.2) is 0 Å². The van der Waals surface area contributed by atoms with Gasteiger partial charge in [-0.1, -0.05) is 0 Å². The van der Waals surface area contributed by atoms with Crippen LogP contribution >= 0.6 is 15.9 Å². The fraction of sp³-hybridized carbons (Fsp3) is 0.636. The molecule has 2 heterocycles. The van der Waals surface area contributed by atoms with E-state index in [0.29, 0.717) is 6.01 Å². The summed E-state index contributed by atoms with van der Waals surface area (Å²) < 4.78 is 12.2. The Bertz CT molecular complexity index is 334. The van der Waals surface area contributed by atoms with E-state index in [1.54, 1.807) is 12.4 Å². The molecule has 5 heteroatoms. The van der Waals surface area contributed by atoms with Crippen molar-refractivity contribution in [2.45, 2.75) is 45.0 Å². The summed E-state index contributed by atoms with van der Waals surface area (Å²) in [5, 5.41) is 0. The first-order valence-electron chi connectivity index (χ1n) is 5.43. The van der Waals surface area contributed by atoms with Gasteiger partial charge < -0.3 is 9.47 Å². The lowest BCUT2D eigenvalue weighted by Crippen LogP contribution is -2.36. The lowest BCUT2D eigenvalue weighted by atomic mass is 10.0. The van der Waals surface area contributed by atoms with Gasteiger partial charge in [-0.3, -0.25) is 0 Å². The third-order valence-electron chi connectivity index (χ3n) is 2.52. The molecule has 0 amide bonds. The molecule has 88 valence electrons. The van der Waals surface area contributed by atoms with Crippen LogP contribution in [0.4, 0.5) is 0 Å². The Morgan fingerprint density at radius 1 is 1.25 bits per heavy atom. The minimum Gasteiger partial charge on any atom is -0.460 e. The highest BCUT2D eigenvalue weighted by Gasteiger charge is 2.26. The molecule has 2 rings (SSSR count). The fourth-order valence-corrected chi connectivity index (χ4v) is 2.16. The summed E-state index contributed by atoms with van der Waals surface area (Å²) in [6.45, 7) is 4.13. The maximum Gasteiger partial charge on any atom is 0.316 e. The predicted octanol–water partition coefficient (Wildman–Crippen LogP) is 2.57. The third kappa shape index (κ3) is 3.15. The van der Waals surface area contributed by atoms with Crippen molar-refractivity contribution in [3.63, 3.8) is 0 Å². The summed E-state index contributed by atoms with van der Waals surface area (Å²) in [5.41, 5.74) is 0. The minimum absolute atomic E-state index is 0.153. The van der Waals surface area contributed by atoms with Crippen molar-refractivity contribution in [2.24, 2.45) is 0 Å². The van der Waals surface area contributed by atoms with E-state index in [1.165, 1.54) is 0 Å². The SMILES string of the molecule is CC1CC(Oc2ncc(Br)cn2)CC(C)O1. The summed E-state index contributed by atoms with van der Waals surface area (Å²) in [6.07, 6.45) is 5.80. The Kier molecular flexibility index (Phi) is 3.76. The van der Waals surface area contributed by atoms with E-state index in [9.17, 15) is 0 Å². The molecule has 0 aliphatic carbocycles. The molecule has 2 atom stereocenters. The van der Waals surface area contributed by atoms with Gasteiger partial charge in [0.1, 0.15) is 6.10 Å². The van der Waals surface area contributed by atoms with Gasteiger partial charge in [-0.05, 0) is 29.8 Å². The third-order valence-corrected chi connectivity index (χ3v) is 2.93. The van der Waals surface area contributed by atoms with E-state index < -0.39 is 0 Å². The quantitative estimate of drug-likeness (QED) is 0.838. The van der Waals surface area contributed by atoms with Crippen molar-refractivity contribution in [1.29, 1.82) is 0 Å². The number of rotatable bonds is 2. The summed E-state index contributed by atoms with van der Waals surface area (Å²) in [6, 6.07) is 0.439. The zero-order valence-electron chi connectivity index (χ0n) is 9.39. The molecular formula is C11H15BrN2O2. The van der Waals surface area contributed by atoms with Crippen LogP contribution in [0.5, 0.6) is 6.01 Å². The molecule has 0 aromatic carbocycles. The van der Waals surface area contributed by atoms with Gasteiger partial charge in [-0.2, -0.15) is 0 Å². The van der Waals surface area contributed by atoms with Gasteiger partial charge in [0.2, 0.25) is 0 Å². The molecule has 1 saturated heterocycles. The Hall–Kier alpha value is -0.680. The average molecular weight is 287 g/mol. The molecule has 0 radical (unpaired) electrons. The molecule has 0 bridgehead atoms. The van der Waals surface area contributed by atoms with E-state index in [2.05, 4.69) is 39.7 Å². The highest BCUT2D eigenvalue weighted by molar-refractivity contribution is 9.10. The van der Waals surface area contributed by atoms with Gasteiger partial charge in [0.05, 0.1) is 16.7 Å². The smallest absolute Gasteiger partial charge is 0.316 e. The summed E-state index contributed by atoms with van der Waals surface area (Å²) >= 11 is 3.29. The normalized spacial score (nSPS) is 30.1. The highest BCUT2D eigenvalue weighted by atomic mass is 79.9. The lowest BCUT2D eigenvalue weighted by molar-refractivity contribution is -0.0738. The molecule has 1 aliphatic rings. The van der Waals surface area contributed by atoms with Gasteiger partial charge >= 0.3 is 6.01 Å². The van der Waals surface area contributed by atoms with Crippen LogP contribution in [0.1, 0.15) is 26.7 Å². The standard InChI is InChI=1S/C11H15BrN2O2/c1-7-3-10(4-8(2)15-7)16-11-13-5-9(12)6-14-11/h5-8,10H,3-4H2,1-2H3. The van der Waals surface area contributed by atoms with Crippen LogP contribution in [-0.2, 0) is 4.74 Å². The molecule has 0 saturated carbocycles. The number of ether oxygens (including phenoxy) is 2. The van der Waals surface area contributed by atoms with Gasteiger partial charge in [0.25, 0.3) is 0 Å². The van der Waals surface area contributed by atoms with Crippen LogP contribution in [0.3, 0.4) is 0 Å². The van der Waals surface area contributed by atoms with E-state index in [4.69, 9.17) is 9.47 Å². The van der Waals surface area contributed by atoms with E-state index in [0.717, 1.165) is 17.3 Å². The van der Waals surface area contributed by atoms with Crippen LogP contribution in [0, 0.1) is 0 Å². The molecule has 1 aromatic heterocycles. The molecule has 0 spiro atoms. The van der Waals surface area contributed by atoms with Crippen LogP contribution < -0.4 is 4.74 Å². The van der Waals surface area contributed by atoms with Crippen LogP contribution in [0.15, 0.2) is 16.9 Å². The van der Waals surface area contributed by atoms with Gasteiger partial charge in [-0.25, -0.2) is 9.97 Å². The Balaban J connectivity index is 1.96. The van der Waals surface area contributed by atoms with Gasteiger partial charge in [0, 0.05) is 25.2 Å². The topological polar surface area (TPSA) is 44.2 Å². The van der Waals surface area contributed by atoms with Crippen LogP contribution in [-0.4, -0.2) is 28.3 Å². The van der Waals surface area contributed by atoms with Crippen molar-refractivity contribution in [3.05, 3.63) is 16.9 Å². The second-order valence-corrected chi connectivity index (χ2v) is 5.07. The van der Waals surface area contributed by atoms with E-state index >= 15 is 0 Å². The van der Waals surface area contributed by atoms with Crippen molar-refractivity contribution in [3.8, 4) is 6.01 Å². The molecule has 2 unspecified atom stereocenters. The van der Waals surface area contributed by atoms with Crippen LogP contribution in [0.2, 0.25) is 0 Å². The maximum atomic E-state index is 5.73. The Labute approximate surface area is 104 Å². The number of hydrogen-bond donors (Lipinski definition) is 0. The second kappa shape index (κ2) is 5.10. The molecule has 16 heavy (non-hydrogen) atoms. The Morgan fingerprint density at radius 3 is 2.38 bits per heavy atom. The zero-order valence-corrected chi connectivity index (χ0v) is 11.0. The average Bonchev–Trinajstić information content (AvgIpc) is 2.20. The predicted molar refractivity (Wildman–Crippen MR) is 63.4 cm³/mol. The molecular weight excluding hydrogens is 272 g/mol. The summed E-state index contributed by atoms with van der Waals surface area (Å²) in [5.74, 6) is 0. The zero-order chi connectivity index (χ0) is 11.5. The second-order valence-electron chi connectivity index (χ2n) is 4.15. The highest BCUT2D eigenvalue weighted by Crippen LogP contribution is 2.22. The summed E-state index contributed by atoms with van der Waals surface area (Å²) in [7, 11) is 0. The number of nitrogens with zero attached hydrogens (tertiary/aromatic N) is 2. The van der Waals surface area contributed by atoms with Crippen molar-refractivity contribution in [1.82, 2.24) is 9.97 Å². The number of halogens is 1. The molecule has 4 nitrogen and oxygen atoms in total. The fourth-order valence-electron chi connectivity index (χ4n) is 1.95. The first kappa shape index (κ1) is 11.8. The Morgan fingerprint density at radius 2 is 1.81 bits per heavy atom. The largest absolute Gasteiger partial charge is 0.460 e. The van der Waals surface area contributed by atoms with Crippen molar-refractivity contribution >= 4 is 15.9 Å². The number of hydrogen-bond acceptors (Lipinski definition) is 4. The van der Waals surface area contributed by atoms with Crippen LogP contribution in [0.25, 0.3) is 0 Å². The monoisotopic (exact) mass is 286 g/mol. The minimum atomic E-state index is 0.153. The molecule has 1 aromatic rings. The molecule has 1 aliphatic heterocycles. The van der Waals surface area contributed by atoms with E-state index in [-0.39, 0.29) is 18.3 Å². The molecule has 1 fully saturated rings. The first-order valence-corrected chi connectivity index (χ1v) is 6.22.